The lowest BCUT2D eigenvalue weighted by Crippen LogP contribution is -2.49. The van der Waals surface area contributed by atoms with Crippen LogP contribution >= 0.6 is 0 Å². The van der Waals surface area contributed by atoms with Gasteiger partial charge in [0.05, 0.1) is 7.11 Å². The fraction of sp³-hybridized carbons (Fsp3) is 0.381. The third-order valence-corrected chi connectivity index (χ3v) is 4.66. The smallest absolute Gasteiger partial charge is 0.253 e. The van der Waals surface area contributed by atoms with Crippen LogP contribution in [0.25, 0.3) is 0 Å². The number of piperazine rings is 1. The topological polar surface area (TPSA) is 42.0 Å². The highest BCUT2D eigenvalue weighted by Crippen LogP contribution is 2.17. The maximum Gasteiger partial charge on any atom is 0.253 e. The highest BCUT2D eigenvalue weighted by molar-refractivity contribution is 5.94. The number of aryl methyl sites for hydroxylation is 1. The Kier molecular flexibility index (Phi) is 6.12. The van der Waals surface area contributed by atoms with Crippen LogP contribution in [0.15, 0.2) is 48.5 Å². The summed E-state index contributed by atoms with van der Waals surface area (Å²) < 4.78 is 10.9. The zero-order valence-corrected chi connectivity index (χ0v) is 15.5. The minimum atomic E-state index is 0.128. The average Bonchev–Trinajstić information content (AvgIpc) is 2.68. The summed E-state index contributed by atoms with van der Waals surface area (Å²) in [4.78, 5) is 16.9. The van der Waals surface area contributed by atoms with Crippen LogP contribution in [0, 0.1) is 6.92 Å². The molecule has 0 unspecified atom stereocenters. The van der Waals surface area contributed by atoms with Crippen LogP contribution in [-0.4, -0.2) is 62.1 Å². The number of hydrogen-bond donors (Lipinski definition) is 0. The minimum absolute atomic E-state index is 0.128. The van der Waals surface area contributed by atoms with Crippen molar-refractivity contribution >= 4 is 5.91 Å². The molecule has 5 nitrogen and oxygen atoms in total. The molecular weight excluding hydrogens is 328 g/mol. The van der Waals surface area contributed by atoms with Gasteiger partial charge in [0.25, 0.3) is 5.91 Å². The zero-order chi connectivity index (χ0) is 18.4. The third kappa shape index (κ3) is 4.76. The highest BCUT2D eigenvalue weighted by Gasteiger charge is 2.21. The Hall–Kier alpha value is -2.53. The molecule has 1 saturated heterocycles. The van der Waals surface area contributed by atoms with Gasteiger partial charge >= 0.3 is 0 Å². The molecule has 2 aromatic rings. The van der Waals surface area contributed by atoms with Crippen molar-refractivity contribution in [2.45, 2.75) is 6.92 Å². The van der Waals surface area contributed by atoms with E-state index < -0.39 is 0 Å². The van der Waals surface area contributed by atoms with Crippen molar-refractivity contribution in [1.29, 1.82) is 0 Å². The van der Waals surface area contributed by atoms with Crippen LogP contribution in [0.1, 0.15) is 15.9 Å². The predicted molar refractivity (Wildman–Crippen MR) is 102 cm³/mol. The lowest BCUT2D eigenvalue weighted by atomic mass is 10.1. The van der Waals surface area contributed by atoms with Crippen molar-refractivity contribution in [3.63, 3.8) is 0 Å². The number of nitrogens with zero attached hydrogens (tertiary/aromatic N) is 2. The van der Waals surface area contributed by atoms with E-state index in [-0.39, 0.29) is 5.91 Å². The Labute approximate surface area is 155 Å². The van der Waals surface area contributed by atoms with Gasteiger partial charge in [-0.15, -0.1) is 0 Å². The molecule has 1 aliphatic heterocycles. The van der Waals surface area contributed by atoms with E-state index >= 15 is 0 Å². The summed E-state index contributed by atoms with van der Waals surface area (Å²) >= 11 is 0. The number of rotatable bonds is 6. The quantitative estimate of drug-likeness (QED) is 0.800. The van der Waals surface area contributed by atoms with Gasteiger partial charge in [0.2, 0.25) is 0 Å². The van der Waals surface area contributed by atoms with Gasteiger partial charge in [-0.1, -0.05) is 17.7 Å². The van der Waals surface area contributed by atoms with E-state index in [2.05, 4.69) is 4.90 Å². The van der Waals surface area contributed by atoms with Crippen molar-refractivity contribution < 1.29 is 14.3 Å². The summed E-state index contributed by atoms with van der Waals surface area (Å²) in [6.45, 7) is 6.78. The standard InChI is InChI=1S/C21H26N2O3/c1-17-4-3-5-18(16-17)21(24)23-12-10-22(11-13-23)14-15-26-20-8-6-19(25-2)7-9-20/h3-9,16H,10-15H2,1-2H3. The second-order valence-electron chi connectivity index (χ2n) is 6.53. The third-order valence-electron chi connectivity index (χ3n) is 4.66. The van der Waals surface area contributed by atoms with E-state index in [0.717, 1.165) is 55.3 Å². The number of hydrogen-bond acceptors (Lipinski definition) is 4. The van der Waals surface area contributed by atoms with Crippen LogP contribution in [0.2, 0.25) is 0 Å². The molecule has 2 aromatic carbocycles. The molecule has 0 spiro atoms. The van der Waals surface area contributed by atoms with E-state index in [1.165, 1.54) is 0 Å². The summed E-state index contributed by atoms with van der Waals surface area (Å²) in [6.07, 6.45) is 0. The first-order valence-corrected chi connectivity index (χ1v) is 9.01. The lowest BCUT2D eigenvalue weighted by Gasteiger charge is -2.34. The molecule has 0 N–H and O–H groups in total. The summed E-state index contributed by atoms with van der Waals surface area (Å²) in [5.74, 6) is 1.80. The van der Waals surface area contributed by atoms with Gasteiger partial charge in [-0.2, -0.15) is 0 Å². The number of amides is 1. The monoisotopic (exact) mass is 354 g/mol. The van der Waals surface area contributed by atoms with E-state index in [0.29, 0.717) is 6.61 Å². The van der Waals surface area contributed by atoms with Crippen molar-refractivity contribution in [2.75, 3.05) is 46.4 Å². The summed E-state index contributed by atoms with van der Waals surface area (Å²) in [6, 6.07) is 15.4. The normalized spacial score (nSPS) is 14.9. The molecule has 0 atom stereocenters. The van der Waals surface area contributed by atoms with Gasteiger partial charge in [-0.25, -0.2) is 0 Å². The number of ether oxygens (including phenoxy) is 2. The van der Waals surface area contributed by atoms with Crippen molar-refractivity contribution in [1.82, 2.24) is 9.80 Å². The zero-order valence-electron chi connectivity index (χ0n) is 15.5. The van der Waals surface area contributed by atoms with Gasteiger partial charge in [0.1, 0.15) is 18.1 Å². The van der Waals surface area contributed by atoms with Gasteiger partial charge < -0.3 is 14.4 Å². The van der Waals surface area contributed by atoms with Crippen molar-refractivity contribution in [2.24, 2.45) is 0 Å². The molecule has 1 fully saturated rings. The minimum Gasteiger partial charge on any atom is -0.497 e. The molecule has 0 bridgehead atoms. The maximum atomic E-state index is 12.6. The molecular formula is C21H26N2O3. The van der Waals surface area contributed by atoms with E-state index in [4.69, 9.17) is 9.47 Å². The fourth-order valence-electron chi connectivity index (χ4n) is 3.10. The molecule has 3 rings (SSSR count). The first-order chi connectivity index (χ1) is 12.7. The van der Waals surface area contributed by atoms with Crippen LogP contribution < -0.4 is 9.47 Å². The fourth-order valence-corrected chi connectivity index (χ4v) is 3.10. The molecule has 0 saturated carbocycles. The number of benzene rings is 2. The second-order valence-corrected chi connectivity index (χ2v) is 6.53. The summed E-state index contributed by atoms with van der Waals surface area (Å²) in [7, 11) is 1.65. The molecule has 5 heteroatoms. The largest absolute Gasteiger partial charge is 0.497 e. The Morgan fingerprint density at radius 1 is 1.00 bits per heavy atom. The molecule has 138 valence electrons. The average molecular weight is 354 g/mol. The van der Waals surface area contributed by atoms with E-state index in [1.807, 2.05) is 60.4 Å². The second kappa shape index (κ2) is 8.72. The van der Waals surface area contributed by atoms with Gasteiger partial charge in [0, 0.05) is 38.3 Å². The Bertz CT molecular complexity index is 722. The summed E-state index contributed by atoms with van der Waals surface area (Å²) in [5.41, 5.74) is 1.89. The highest BCUT2D eigenvalue weighted by atomic mass is 16.5. The van der Waals surface area contributed by atoms with Crippen LogP contribution in [0.4, 0.5) is 0 Å². The lowest BCUT2D eigenvalue weighted by molar-refractivity contribution is 0.0620. The Morgan fingerprint density at radius 3 is 2.35 bits per heavy atom. The SMILES string of the molecule is COc1ccc(OCCN2CCN(C(=O)c3cccc(C)c3)CC2)cc1. The molecule has 1 heterocycles. The molecule has 1 aliphatic rings. The van der Waals surface area contributed by atoms with Crippen LogP contribution in [-0.2, 0) is 0 Å². The van der Waals surface area contributed by atoms with Crippen LogP contribution in [0.5, 0.6) is 11.5 Å². The first-order valence-electron chi connectivity index (χ1n) is 9.01. The van der Waals surface area contributed by atoms with Crippen LogP contribution in [0.3, 0.4) is 0 Å². The van der Waals surface area contributed by atoms with E-state index in [1.54, 1.807) is 7.11 Å². The number of carbonyl (C=O) groups is 1. The molecule has 0 radical (unpaired) electrons. The first kappa shape index (κ1) is 18.3. The van der Waals surface area contributed by atoms with Gasteiger partial charge in [-0.3, -0.25) is 9.69 Å². The maximum absolute atomic E-state index is 12.6. The Balaban J connectivity index is 1.41. The van der Waals surface area contributed by atoms with Crippen molar-refractivity contribution in [3.05, 3.63) is 59.7 Å². The number of methoxy groups -OCH3 is 1. The van der Waals surface area contributed by atoms with Crippen molar-refractivity contribution in [3.8, 4) is 11.5 Å². The Morgan fingerprint density at radius 2 is 1.69 bits per heavy atom. The molecule has 26 heavy (non-hydrogen) atoms. The molecule has 0 aromatic heterocycles. The van der Waals surface area contributed by atoms with E-state index in [9.17, 15) is 4.79 Å². The van der Waals surface area contributed by atoms with Gasteiger partial charge in [0.15, 0.2) is 0 Å². The molecule has 1 amide bonds. The molecule has 0 aliphatic carbocycles. The summed E-state index contributed by atoms with van der Waals surface area (Å²) in [5, 5.41) is 0. The predicted octanol–water partition coefficient (Wildman–Crippen LogP) is 2.84. The number of carbonyl (C=O) groups excluding carboxylic acids is 1. The van der Waals surface area contributed by atoms with Gasteiger partial charge in [-0.05, 0) is 43.3 Å².